The van der Waals surface area contributed by atoms with E-state index in [2.05, 4.69) is 9.47 Å². The molecule has 0 heterocycles. The molecule has 0 aliphatic rings. The van der Waals surface area contributed by atoms with Crippen LogP contribution in [0.1, 0.15) is 6.92 Å². The first-order chi connectivity index (χ1) is 5.01. The molecule has 64 valence electrons. The minimum Gasteiger partial charge on any atom is -0.591 e. The Morgan fingerprint density at radius 3 is 1.82 bits per heavy atom. The van der Waals surface area contributed by atoms with E-state index in [0.29, 0.717) is 0 Å². The highest BCUT2D eigenvalue weighted by Crippen LogP contribution is 2.33. The van der Waals surface area contributed by atoms with E-state index in [-0.39, 0.29) is 0 Å². The van der Waals surface area contributed by atoms with Gasteiger partial charge in [-0.3, -0.25) is 4.79 Å². The second-order valence-corrected chi connectivity index (χ2v) is 2.91. The van der Waals surface area contributed by atoms with E-state index in [1.54, 1.807) is 0 Å². The minimum absolute atomic E-state index is 0.696. The van der Waals surface area contributed by atoms with Gasteiger partial charge in [0.05, 0.1) is 0 Å². The van der Waals surface area contributed by atoms with Crippen molar-refractivity contribution in [3.8, 4) is 0 Å². The zero-order chi connectivity index (χ0) is 9.07. The summed E-state index contributed by atoms with van der Waals surface area (Å²) in [7, 11) is -0.895. The van der Waals surface area contributed by atoms with Crippen LogP contribution >= 0.6 is 8.03 Å². The lowest BCUT2D eigenvalue weighted by Crippen LogP contribution is -2.39. The maximum absolute atomic E-state index is 10.7. The fraction of sp³-hybridized carbons (Fsp3) is 0.800. The molecule has 5 nitrogen and oxygen atoms in total. The predicted octanol–water partition coefficient (Wildman–Crippen LogP) is -0.375. The summed E-state index contributed by atoms with van der Waals surface area (Å²) in [6.45, 7) is 1.08. The van der Waals surface area contributed by atoms with Crippen molar-refractivity contribution in [1.82, 2.24) is 0 Å². The molecule has 1 unspecified atom stereocenters. The highest BCUT2D eigenvalue weighted by atomic mass is 31.1. The fourth-order valence-electron chi connectivity index (χ4n) is 0.648. The third kappa shape index (κ3) is 1.81. The fourth-order valence-corrected chi connectivity index (χ4v) is 1.20. The van der Waals surface area contributed by atoms with Gasteiger partial charge in [0.15, 0.2) is 0 Å². The lowest BCUT2D eigenvalue weighted by Gasteiger charge is -2.17. The molecule has 0 radical (unpaired) electrons. The number of hydrogen-bond acceptors (Lipinski definition) is 5. The van der Waals surface area contributed by atoms with E-state index in [1.165, 1.54) is 0 Å². The van der Waals surface area contributed by atoms with Gasteiger partial charge in [-0.15, -0.1) is 0 Å². The molecule has 0 saturated carbocycles. The Morgan fingerprint density at radius 2 is 1.82 bits per heavy atom. The number of hydrogen-bond donors (Lipinski definition) is 0. The zero-order valence-electron chi connectivity index (χ0n) is 6.49. The summed E-state index contributed by atoms with van der Waals surface area (Å²) < 4.78 is 19.4. The molecule has 11 heavy (non-hydrogen) atoms. The zero-order valence-corrected chi connectivity index (χ0v) is 7.38. The van der Waals surface area contributed by atoms with Crippen molar-refractivity contribution in [2.24, 2.45) is 0 Å². The third-order valence-corrected chi connectivity index (χ3v) is 2.40. The first kappa shape index (κ1) is 10.7. The van der Waals surface area contributed by atoms with Crippen LogP contribution < -0.4 is 4.89 Å². The van der Waals surface area contributed by atoms with Crippen molar-refractivity contribution in [3.05, 3.63) is 0 Å². The van der Waals surface area contributed by atoms with Gasteiger partial charge in [-0.05, 0) is 0 Å². The molecule has 0 aromatic heterocycles. The van der Waals surface area contributed by atoms with Crippen LogP contribution in [-0.2, 0) is 18.8 Å². The molecule has 6 heteroatoms. The Hall–Kier alpha value is -0.350. The van der Waals surface area contributed by atoms with Gasteiger partial charge in [-0.25, -0.2) is 0 Å². The summed E-state index contributed by atoms with van der Waals surface area (Å²) in [4.78, 5) is 21.2. The van der Waals surface area contributed by atoms with Gasteiger partial charge < -0.3 is 14.4 Å². The third-order valence-electron chi connectivity index (χ3n) is 1.24. The monoisotopic (exact) mass is 180 g/mol. The number of ketones is 1. The van der Waals surface area contributed by atoms with Gasteiger partial charge in [0.1, 0.15) is 0 Å². The lowest BCUT2D eigenvalue weighted by molar-refractivity contribution is -0.218. The topological polar surface area (TPSA) is 75.7 Å². The second-order valence-electron chi connectivity index (χ2n) is 1.80. The SMILES string of the molecule is COC(OC)(C(C)=O)[P+](=O)[O-]. The maximum Gasteiger partial charge on any atom is 0.432 e. The average Bonchev–Trinajstić information content (AvgIpc) is 1.90. The van der Waals surface area contributed by atoms with Crippen molar-refractivity contribution in [1.29, 1.82) is 0 Å². The number of carbonyl (C=O) groups excluding carboxylic acids is 1. The normalized spacial score (nSPS) is 12.9. The van der Waals surface area contributed by atoms with E-state index in [9.17, 15) is 14.3 Å². The van der Waals surface area contributed by atoms with E-state index < -0.39 is 19.3 Å². The molecule has 0 fully saturated rings. The van der Waals surface area contributed by atoms with E-state index in [0.717, 1.165) is 21.1 Å². The minimum atomic E-state index is -3.08. The van der Waals surface area contributed by atoms with Crippen LogP contribution in [0.4, 0.5) is 0 Å². The van der Waals surface area contributed by atoms with Crippen LogP contribution in [0.2, 0.25) is 0 Å². The first-order valence-electron chi connectivity index (χ1n) is 2.77. The summed E-state index contributed by atoms with van der Waals surface area (Å²) in [5, 5.41) is 0. The van der Waals surface area contributed by atoms with Crippen LogP contribution in [0.3, 0.4) is 0 Å². The summed E-state index contributed by atoms with van der Waals surface area (Å²) in [5.74, 6) is -0.696. The molecule has 0 aliphatic carbocycles. The summed E-state index contributed by atoms with van der Waals surface area (Å²) in [6, 6.07) is 0. The molecular weight excluding hydrogens is 171 g/mol. The van der Waals surface area contributed by atoms with Crippen molar-refractivity contribution in [3.63, 3.8) is 0 Å². The highest BCUT2D eigenvalue weighted by molar-refractivity contribution is 7.39. The molecule has 0 saturated heterocycles. The van der Waals surface area contributed by atoms with Gasteiger partial charge >= 0.3 is 13.6 Å². The summed E-state index contributed by atoms with van der Waals surface area (Å²) in [6.07, 6.45) is 0. The molecular formula is C5H9O5P. The highest BCUT2D eigenvalue weighted by Gasteiger charge is 2.50. The van der Waals surface area contributed by atoms with Crippen molar-refractivity contribution in [2.45, 2.75) is 12.5 Å². The number of methoxy groups -OCH3 is 2. The van der Waals surface area contributed by atoms with Crippen molar-refractivity contribution >= 4 is 13.8 Å². The molecule has 0 bridgehead atoms. The predicted molar refractivity (Wildman–Crippen MR) is 35.0 cm³/mol. The smallest absolute Gasteiger partial charge is 0.432 e. The van der Waals surface area contributed by atoms with Crippen LogP contribution in [0.15, 0.2) is 0 Å². The van der Waals surface area contributed by atoms with Crippen molar-refractivity contribution < 1.29 is 23.7 Å². The molecule has 0 rings (SSSR count). The van der Waals surface area contributed by atoms with Crippen molar-refractivity contribution in [2.75, 3.05) is 14.2 Å². The van der Waals surface area contributed by atoms with E-state index in [1.807, 2.05) is 0 Å². The number of ether oxygens (including phenoxy) is 2. The molecule has 0 aromatic rings. The van der Waals surface area contributed by atoms with Crippen LogP contribution in [-0.4, -0.2) is 25.5 Å². The molecule has 0 spiro atoms. The molecule has 0 amide bonds. The molecule has 1 atom stereocenters. The number of Topliss-reactive ketones (excluding diaryl/α,β-unsaturated/α-hetero) is 1. The maximum atomic E-state index is 10.7. The largest absolute Gasteiger partial charge is 0.591 e. The summed E-state index contributed by atoms with van der Waals surface area (Å²) in [5.41, 5.74) is -2.10. The Bertz CT molecular complexity index is 158. The van der Waals surface area contributed by atoms with E-state index in [4.69, 9.17) is 0 Å². The van der Waals surface area contributed by atoms with Gasteiger partial charge in [0.25, 0.3) is 0 Å². The Labute approximate surface area is 65.2 Å². The quantitative estimate of drug-likeness (QED) is 0.435. The molecule has 0 aromatic carbocycles. The average molecular weight is 180 g/mol. The Kier molecular flexibility index (Phi) is 3.75. The number of carbonyl (C=O) groups is 1. The van der Waals surface area contributed by atoms with Gasteiger partial charge in [-0.1, -0.05) is 4.57 Å². The Morgan fingerprint density at radius 1 is 1.45 bits per heavy atom. The van der Waals surface area contributed by atoms with Crippen LogP contribution in [0, 0.1) is 0 Å². The summed E-state index contributed by atoms with van der Waals surface area (Å²) >= 11 is 0. The standard InChI is InChI=1S/C5H9O5P/c1-4(6)5(9-2,10-3)11(7)8/h1-3H3. The van der Waals surface area contributed by atoms with E-state index >= 15 is 0 Å². The number of rotatable bonds is 4. The van der Waals surface area contributed by atoms with Gasteiger partial charge in [0, 0.05) is 21.1 Å². The molecule has 0 aliphatic heterocycles. The molecule has 0 N–H and O–H groups in total. The van der Waals surface area contributed by atoms with Gasteiger partial charge in [-0.2, -0.15) is 0 Å². The van der Waals surface area contributed by atoms with Gasteiger partial charge in [0.2, 0.25) is 5.78 Å². The Balaban J connectivity index is 4.76. The first-order valence-corrected chi connectivity index (χ1v) is 3.95. The van der Waals surface area contributed by atoms with Crippen LogP contribution in [0.25, 0.3) is 0 Å². The second kappa shape index (κ2) is 3.88. The lowest BCUT2D eigenvalue weighted by atomic mass is 10.4. The van der Waals surface area contributed by atoms with Crippen LogP contribution in [0.5, 0.6) is 0 Å².